The molecule has 1 heterocycles. The highest BCUT2D eigenvalue weighted by Gasteiger charge is 2.36. The molecule has 3 aromatic carbocycles. The van der Waals surface area contributed by atoms with Crippen molar-refractivity contribution in [1.82, 2.24) is 5.32 Å². The zero-order valence-electron chi connectivity index (χ0n) is 19.0. The molecule has 0 spiro atoms. The molecule has 6 nitrogen and oxygen atoms in total. The minimum absolute atomic E-state index is 0.129. The van der Waals surface area contributed by atoms with Crippen LogP contribution in [0.5, 0.6) is 5.75 Å². The quantitative estimate of drug-likeness (QED) is 0.351. The van der Waals surface area contributed by atoms with Crippen molar-refractivity contribution >= 4 is 45.5 Å². The van der Waals surface area contributed by atoms with Gasteiger partial charge in [0.25, 0.3) is 11.8 Å². The summed E-state index contributed by atoms with van der Waals surface area (Å²) in [6.07, 6.45) is 1.46. The van der Waals surface area contributed by atoms with Crippen molar-refractivity contribution in [3.63, 3.8) is 0 Å². The molecule has 3 aromatic rings. The van der Waals surface area contributed by atoms with Crippen LogP contribution in [0.15, 0.2) is 70.7 Å². The lowest BCUT2D eigenvalue weighted by Gasteiger charge is -2.26. The third kappa shape index (κ3) is 5.10. The highest BCUT2D eigenvalue weighted by molar-refractivity contribution is 9.10. The molecule has 1 aliphatic heterocycles. The molecule has 172 valence electrons. The number of carbonyl (C=O) groups excluding carboxylic acids is 3. The van der Waals surface area contributed by atoms with Crippen LogP contribution in [-0.4, -0.2) is 17.8 Å². The van der Waals surface area contributed by atoms with E-state index in [0.29, 0.717) is 28.1 Å². The van der Waals surface area contributed by atoms with Crippen molar-refractivity contribution in [1.29, 1.82) is 0 Å². The van der Waals surface area contributed by atoms with E-state index in [1.807, 2.05) is 20.8 Å². The van der Waals surface area contributed by atoms with Gasteiger partial charge in [-0.25, -0.2) is 9.69 Å². The molecular formula is C27H23BrN2O4. The monoisotopic (exact) mass is 518 g/mol. The number of anilines is 1. The fraction of sp³-hybridized carbons (Fsp3) is 0.148. The first-order valence-electron chi connectivity index (χ1n) is 10.7. The van der Waals surface area contributed by atoms with E-state index >= 15 is 0 Å². The van der Waals surface area contributed by atoms with Crippen molar-refractivity contribution in [2.45, 2.75) is 27.4 Å². The molecule has 0 saturated carbocycles. The Kier molecular flexibility index (Phi) is 6.65. The average molecular weight is 519 g/mol. The van der Waals surface area contributed by atoms with E-state index in [1.54, 1.807) is 42.5 Å². The Morgan fingerprint density at radius 3 is 2.21 bits per heavy atom. The van der Waals surface area contributed by atoms with Gasteiger partial charge in [0, 0.05) is 0 Å². The standard InChI is InChI=1S/C27H23BrN2O4/c1-16-4-7-21(8-5-16)30-26(32)22(25(31)29-27(30)33)13-19-6-9-24(23(28)14-19)34-15-20-11-17(2)10-18(3)12-20/h4-14H,15H2,1-3H3,(H,29,31,33)/b22-13+. The summed E-state index contributed by atoms with van der Waals surface area (Å²) in [5, 5.41) is 2.24. The second kappa shape index (κ2) is 9.65. The summed E-state index contributed by atoms with van der Waals surface area (Å²) in [5.74, 6) is -0.773. The zero-order valence-corrected chi connectivity index (χ0v) is 20.6. The van der Waals surface area contributed by atoms with Crippen LogP contribution < -0.4 is 15.0 Å². The largest absolute Gasteiger partial charge is 0.488 e. The number of halogens is 1. The Balaban J connectivity index is 1.55. The van der Waals surface area contributed by atoms with Crippen LogP contribution in [0.25, 0.3) is 6.08 Å². The Hall–Kier alpha value is -3.71. The number of urea groups is 1. The SMILES string of the molecule is Cc1ccc(N2C(=O)NC(=O)/C(=C\c3ccc(OCc4cc(C)cc(C)c4)c(Br)c3)C2=O)cc1. The number of amides is 4. The smallest absolute Gasteiger partial charge is 0.335 e. The second-order valence-electron chi connectivity index (χ2n) is 8.27. The lowest BCUT2D eigenvalue weighted by molar-refractivity contribution is -0.122. The van der Waals surface area contributed by atoms with E-state index in [9.17, 15) is 14.4 Å². The van der Waals surface area contributed by atoms with Crippen molar-refractivity contribution < 1.29 is 19.1 Å². The molecule has 1 fully saturated rings. The number of benzene rings is 3. The van der Waals surface area contributed by atoms with E-state index in [4.69, 9.17) is 4.74 Å². The average Bonchev–Trinajstić information content (AvgIpc) is 2.76. The van der Waals surface area contributed by atoms with Crippen LogP contribution in [-0.2, 0) is 16.2 Å². The van der Waals surface area contributed by atoms with E-state index < -0.39 is 17.8 Å². The van der Waals surface area contributed by atoms with Gasteiger partial charge in [0.1, 0.15) is 17.9 Å². The summed E-state index contributed by atoms with van der Waals surface area (Å²) in [6.45, 7) is 6.41. The van der Waals surface area contributed by atoms with Gasteiger partial charge in [-0.2, -0.15) is 0 Å². The number of barbiturate groups is 1. The van der Waals surface area contributed by atoms with Crippen LogP contribution in [0.3, 0.4) is 0 Å². The van der Waals surface area contributed by atoms with Gasteiger partial charge in [-0.3, -0.25) is 14.9 Å². The number of rotatable bonds is 5. The third-order valence-electron chi connectivity index (χ3n) is 5.34. The minimum atomic E-state index is -0.771. The predicted octanol–water partition coefficient (Wildman–Crippen LogP) is 5.62. The summed E-state index contributed by atoms with van der Waals surface area (Å²) in [6, 6.07) is 17.7. The highest BCUT2D eigenvalue weighted by atomic mass is 79.9. The number of carbonyl (C=O) groups is 3. The summed E-state index contributed by atoms with van der Waals surface area (Å²) >= 11 is 3.51. The molecule has 0 aromatic heterocycles. The zero-order chi connectivity index (χ0) is 24.4. The number of hydrogen-bond acceptors (Lipinski definition) is 4. The third-order valence-corrected chi connectivity index (χ3v) is 5.96. The Morgan fingerprint density at radius 2 is 1.56 bits per heavy atom. The molecule has 7 heteroatoms. The lowest BCUT2D eigenvalue weighted by atomic mass is 10.1. The molecule has 1 saturated heterocycles. The Morgan fingerprint density at radius 1 is 0.882 bits per heavy atom. The maximum absolute atomic E-state index is 13.0. The molecule has 4 amide bonds. The molecule has 4 rings (SSSR count). The van der Waals surface area contributed by atoms with E-state index in [1.165, 1.54) is 17.2 Å². The highest BCUT2D eigenvalue weighted by Crippen LogP contribution is 2.29. The van der Waals surface area contributed by atoms with Crippen molar-refractivity contribution in [2.24, 2.45) is 0 Å². The van der Waals surface area contributed by atoms with Crippen molar-refractivity contribution in [3.05, 3.63) is 98.5 Å². The van der Waals surface area contributed by atoms with Gasteiger partial charge in [0.2, 0.25) is 0 Å². The molecular weight excluding hydrogens is 496 g/mol. The van der Waals surface area contributed by atoms with Crippen LogP contribution in [0.4, 0.5) is 10.5 Å². The predicted molar refractivity (Wildman–Crippen MR) is 135 cm³/mol. The van der Waals surface area contributed by atoms with Gasteiger partial charge in [-0.15, -0.1) is 0 Å². The van der Waals surface area contributed by atoms with Crippen LogP contribution in [0.1, 0.15) is 27.8 Å². The molecule has 34 heavy (non-hydrogen) atoms. The normalized spacial score (nSPS) is 15.0. The minimum Gasteiger partial charge on any atom is -0.488 e. The fourth-order valence-electron chi connectivity index (χ4n) is 3.79. The summed E-state index contributed by atoms with van der Waals surface area (Å²) in [7, 11) is 0. The van der Waals surface area contributed by atoms with Crippen molar-refractivity contribution in [3.8, 4) is 5.75 Å². The molecule has 1 N–H and O–H groups in total. The number of nitrogens with one attached hydrogen (secondary N) is 1. The Bertz CT molecular complexity index is 1310. The maximum Gasteiger partial charge on any atom is 0.335 e. The van der Waals surface area contributed by atoms with Crippen LogP contribution in [0, 0.1) is 20.8 Å². The van der Waals surface area contributed by atoms with Gasteiger partial charge in [-0.05, 0) is 78.2 Å². The molecule has 1 aliphatic rings. The Labute approximate surface area is 206 Å². The molecule has 0 unspecified atom stereocenters. The van der Waals surface area contributed by atoms with Gasteiger partial charge in [0.15, 0.2) is 0 Å². The fourth-order valence-corrected chi connectivity index (χ4v) is 4.30. The summed E-state index contributed by atoms with van der Waals surface area (Å²) in [5.41, 5.74) is 5.29. The topological polar surface area (TPSA) is 75.7 Å². The summed E-state index contributed by atoms with van der Waals surface area (Å²) < 4.78 is 6.63. The number of imide groups is 2. The maximum atomic E-state index is 13.0. The number of hydrogen-bond donors (Lipinski definition) is 1. The molecule has 0 bridgehead atoms. The first-order chi connectivity index (χ1) is 16.2. The van der Waals surface area contributed by atoms with Gasteiger partial charge < -0.3 is 4.74 Å². The van der Waals surface area contributed by atoms with Gasteiger partial charge >= 0.3 is 6.03 Å². The van der Waals surface area contributed by atoms with E-state index in [0.717, 1.165) is 16.0 Å². The first kappa shape index (κ1) is 23.4. The summed E-state index contributed by atoms with van der Waals surface area (Å²) in [4.78, 5) is 38.8. The molecule has 0 aliphatic carbocycles. The number of ether oxygens (including phenoxy) is 1. The molecule has 0 radical (unpaired) electrons. The van der Waals surface area contributed by atoms with Crippen molar-refractivity contribution in [2.75, 3.05) is 4.90 Å². The van der Waals surface area contributed by atoms with Gasteiger partial charge in [0.05, 0.1) is 10.2 Å². The van der Waals surface area contributed by atoms with Crippen LogP contribution >= 0.6 is 15.9 Å². The molecule has 0 atom stereocenters. The van der Waals surface area contributed by atoms with Gasteiger partial charge in [-0.1, -0.05) is 53.1 Å². The first-order valence-corrected chi connectivity index (χ1v) is 11.5. The number of aryl methyl sites for hydroxylation is 3. The number of nitrogens with zero attached hydrogens (tertiary/aromatic N) is 1. The van der Waals surface area contributed by atoms with E-state index in [-0.39, 0.29) is 5.57 Å². The van der Waals surface area contributed by atoms with E-state index in [2.05, 4.69) is 39.4 Å². The lowest BCUT2D eigenvalue weighted by Crippen LogP contribution is -2.54. The second-order valence-corrected chi connectivity index (χ2v) is 9.12. The van der Waals surface area contributed by atoms with Crippen LogP contribution in [0.2, 0.25) is 0 Å².